The summed E-state index contributed by atoms with van der Waals surface area (Å²) in [6.45, 7) is 6.98. The molecule has 0 spiro atoms. The van der Waals surface area contributed by atoms with E-state index in [-0.39, 0.29) is 0 Å². The summed E-state index contributed by atoms with van der Waals surface area (Å²) in [6.07, 6.45) is 12.2. The molecule has 0 amide bonds. The molecule has 2 heteroatoms. The molecule has 2 N–H and O–H groups in total. The van der Waals surface area contributed by atoms with E-state index in [1.165, 1.54) is 64.3 Å². The molecule has 18 heavy (non-hydrogen) atoms. The molecule has 0 aromatic rings. The monoisotopic (exact) mass is 254 g/mol. The molecular weight excluding hydrogens is 220 g/mol. The van der Waals surface area contributed by atoms with E-state index in [1.807, 2.05) is 0 Å². The van der Waals surface area contributed by atoms with Gasteiger partial charge in [0.2, 0.25) is 0 Å². The second kappa shape index (κ2) is 8.16. The number of rotatable bonds is 8. The maximum Gasteiger partial charge on any atom is 0.00926 e. The Hall–Kier alpha value is -0.0800. The lowest BCUT2D eigenvalue weighted by atomic mass is 9.75. The largest absolute Gasteiger partial charge is 0.330 e. The molecular formula is C16H34N2. The molecule has 1 fully saturated rings. The van der Waals surface area contributed by atoms with Crippen LogP contribution in [-0.2, 0) is 0 Å². The van der Waals surface area contributed by atoms with Crippen molar-refractivity contribution < 1.29 is 0 Å². The highest BCUT2D eigenvalue weighted by Crippen LogP contribution is 2.36. The van der Waals surface area contributed by atoms with Gasteiger partial charge in [-0.05, 0) is 64.1 Å². The van der Waals surface area contributed by atoms with Crippen LogP contribution in [0.1, 0.15) is 71.6 Å². The maximum absolute atomic E-state index is 5.50. The second-order valence-corrected chi connectivity index (χ2v) is 6.93. The Balaban J connectivity index is 2.05. The molecule has 2 nitrogen and oxygen atoms in total. The van der Waals surface area contributed by atoms with Crippen LogP contribution >= 0.6 is 0 Å². The fourth-order valence-electron chi connectivity index (χ4n) is 3.04. The van der Waals surface area contributed by atoms with Crippen molar-refractivity contribution in [2.24, 2.45) is 11.1 Å². The van der Waals surface area contributed by atoms with Gasteiger partial charge in [0.25, 0.3) is 0 Å². The SMILES string of the molecule is CN(CCCCCCCN)C1CCC(C)(C)CC1. The first-order valence-corrected chi connectivity index (χ1v) is 7.95. The Labute approximate surface area is 114 Å². The van der Waals surface area contributed by atoms with Crippen LogP contribution in [0.25, 0.3) is 0 Å². The van der Waals surface area contributed by atoms with Crippen molar-refractivity contribution in [2.75, 3.05) is 20.1 Å². The Bertz CT molecular complexity index is 203. The minimum absolute atomic E-state index is 0.597. The average molecular weight is 254 g/mol. The zero-order valence-corrected chi connectivity index (χ0v) is 12.9. The summed E-state index contributed by atoms with van der Waals surface area (Å²) < 4.78 is 0. The molecule has 108 valence electrons. The van der Waals surface area contributed by atoms with Crippen molar-refractivity contribution in [3.05, 3.63) is 0 Å². The van der Waals surface area contributed by atoms with Crippen LogP contribution in [0.15, 0.2) is 0 Å². The highest BCUT2D eigenvalue weighted by molar-refractivity contribution is 4.82. The van der Waals surface area contributed by atoms with Crippen LogP contribution in [-0.4, -0.2) is 31.1 Å². The zero-order valence-electron chi connectivity index (χ0n) is 12.9. The minimum atomic E-state index is 0.597. The Morgan fingerprint density at radius 1 is 1.00 bits per heavy atom. The van der Waals surface area contributed by atoms with E-state index in [0.717, 1.165) is 12.6 Å². The summed E-state index contributed by atoms with van der Waals surface area (Å²) in [5.41, 5.74) is 6.10. The number of hydrogen-bond acceptors (Lipinski definition) is 2. The first-order valence-electron chi connectivity index (χ1n) is 7.95. The highest BCUT2D eigenvalue weighted by atomic mass is 15.1. The van der Waals surface area contributed by atoms with Gasteiger partial charge >= 0.3 is 0 Å². The van der Waals surface area contributed by atoms with Crippen molar-refractivity contribution in [1.82, 2.24) is 4.90 Å². The molecule has 1 saturated carbocycles. The van der Waals surface area contributed by atoms with E-state index < -0.39 is 0 Å². The van der Waals surface area contributed by atoms with Gasteiger partial charge in [0.15, 0.2) is 0 Å². The molecule has 0 atom stereocenters. The molecule has 0 radical (unpaired) electrons. The minimum Gasteiger partial charge on any atom is -0.330 e. The third-order valence-corrected chi connectivity index (χ3v) is 4.65. The lowest BCUT2D eigenvalue weighted by Gasteiger charge is -2.38. The van der Waals surface area contributed by atoms with E-state index >= 15 is 0 Å². The Morgan fingerprint density at radius 2 is 1.56 bits per heavy atom. The van der Waals surface area contributed by atoms with E-state index in [0.29, 0.717) is 5.41 Å². The van der Waals surface area contributed by atoms with Crippen molar-refractivity contribution in [1.29, 1.82) is 0 Å². The van der Waals surface area contributed by atoms with Crippen molar-refractivity contribution >= 4 is 0 Å². The maximum atomic E-state index is 5.50. The van der Waals surface area contributed by atoms with Crippen molar-refractivity contribution in [2.45, 2.75) is 77.7 Å². The molecule has 0 heterocycles. The molecule has 0 bridgehead atoms. The first kappa shape index (κ1) is 16.0. The van der Waals surface area contributed by atoms with E-state index in [9.17, 15) is 0 Å². The van der Waals surface area contributed by atoms with Gasteiger partial charge in [0.05, 0.1) is 0 Å². The molecule has 0 saturated heterocycles. The van der Waals surface area contributed by atoms with Crippen LogP contribution in [0.3, 0.4) is 0 Å². The smallest absolute Gasteiger partial charge is 0.00926 e. The van der Waals surface area contributed by atoms with Gasteiger partial charge in [-0.15, -0.1) is 0 Å². The van der Waals surface area contributed by atoms with Gasteiger partial charge in [-0.2, -0.15) is 0 Å². The van der Waals surface area contributed by atoms with Crippen LogP contribution in [0.2, 0.25) is 0 Å². The third-order valence-electron chi connectivity index (χ3n) is 4.65. The summed E-state index contributed by atoms with van der Waals surface area (Å²) >= 11 is 0. The lowest BCUT2D eigenvalue weighted by molar-refractivity contribution is 0.126. The van der Waals surface area contributed by atoms with Gasteiger partial charge < -0.3 is 10.6 Å². The number of hydrogen-bond donors (Lipinski definition) is 1. The predicted octanol–water partition coefficient (Wildman–Crippen LogP) is 3.80. The van der Waals surface area contributed by atoms with Gasteiger partial charge in [0.1, 0.15) is 0 Å². The van der Waals surface area contributed by atoms with Crippen LogP contribution in [0.5, 0.6) is 0 Å². The van der Waals surface area contributed by atoms with Crippen LogP contribution in [0, 0.1) is 5.41 Å². The van der Waals surface area contributed by atoms with Crippen molar-refractivity contribution in [3.63, 3.8) is 0 Å². The molecule has 1 aliphatic carbocycles. The predicted molar refractivity (Wildman–Crippen MR) is 80.8 cm³/mol. The fourth-order valence-corrected chi connectivity index (χ4v) is 3.04. The Kier molecular flexibility index (Phi) is 7.25. The van der Waals surface area contributed by atoms with Gasteiger partial charge in [0, 0.05) is 6.04 Å². The molecule has 0 aromatic heterocycles. The number of unbranched alkanes of at least 4 members (excludes halogenated alkanes) is 4. The molecule has 0 aromatic carbocycles. The molecule has 0 unspecified atom stereocenters. The van der Waals surface area contributed by atoms with Crippen LogP contribution < -0.4 is 5.73 Å². The Morgan fingerprint density at radius 3 is 2.17 bits per heavy atom. The zero-order chi connectivity index (χ0) is 13.4. The summed E-state index contributed by atoms with van der Waals surface area (Å²) in [7, 11) is 2.32. The van der Waals surface area contributed by atoms with Gasteiger partial charge in [-0.3, -0.25) is 0 Å². The standard InChI is InChI=1S/C16H34N2/c1-16(2)11-9-15(10-12-16)18(3)14-8-6-4-5-7-13-17/h15H,4-14,17H2,1-3H3. The highest BCUT2D eigenvalue weighted by Gasteiger charge is 2.28. The fraction of sp³-hybridized carbons (Fsp3) is 1.00. The molecule has 1 rings (SSSR count). The second-order valence-electron chi connectivity index (χ2n) is 6.93. The molecule has 1 aliphatic rings. The number of nitrogens with zero attached hydrogens (tertiary/aromatic N) is 1. The van der Waals surface area contributed by atoms with E-state index in [4.69, 9.17) is 5.73 Å². The third kappa shape index (κ3) is 6.19. The molecule has 0 aliphatic heterocycles. The van der Waals surface area contributed by atoms with E-state index in [2.05, 4.69) is 25.8 Å². The van der Waals surface area contributed by atoms with Gasteiger partial charge in [-0.1, -0.05) is 33.1 Å². The quantitative estimate of drug-likeness (QED) is 0.668. The summed E-state index contributed by atoms with van der Waals surface area (Å²) in [4.78, 5) is 2.61. The topological polar surface area (TPSA) is 29.3 Å². The first-order chi connectivity index (χ1) is 8.55. The van der Waals surface area contributed by atoms with Crippen molar-refractivity contribution in [3.8, 4) is 0 Å². The van der Waals surface area contributed by atoms with E-state index in [1.54, 1.807) is 0 Å². The number of nitrogens with two attached hydrogens (primary N) is 1. The summed E-state index contributed by atoms with van der Waals surface area (Å²) in [6, 6.07) is 0.849. The average Bonchev–Trinajstić information content (AvgIpc) is 2.33. The summed E-state index contributed by atoms with van der Waals surface area (Å²) in [5.74, 6) is 0. The lowest BCUT2D eigenvalue weighted by Crippen LogP contribution is -2.37. The normalized spacial score (nSPS) is 20.5. The summed E-state index contributed by atoms with van der Waals surface area (Å²) in [5, 5.41) is 0. The van der Waals surface area contributed by atoms with Gasteiger partial charge in [-0.25, -0.2) is 0 Å². The van der Waals surface area contributed by atoms with Crippen LogP contribution in [0.4, 0.5) is 0 Å².